The Morgan fingerprint density at radius 3 is 1.53 bits per heavy atom. The van der Waals surface area contributed by atoms with Gasteiger partial charge in [0.1, 0.15) is 11.6 Å². The van der Waals surface area contributed by atoms with Gasteiger partial charge in [-0.3, -0.25) is 0 Å². The largest absolute Gasteiger partial charge is 0.390 e. The molecule has 0 unspecified atom stereocenters. The number of anilines is 2. The van der Waals surface area contributed by atoms with E-state index in [4.69, 9.17) is 32.7 Å². The first-order valence-electron chi connectivity index (χ1n) is 11.7. The van der Waals surface area contributed by atoms with E-state index in [1.807, 2.05) is 0 Å². The van der Waals surface area contributed by atoms with E-state index in [9.17, 15) is 10.2 Å². The maximum Gasteiger partial charge on any atom is 0.131 e. The van der Waals surface area contributed by atoms with Crippen LogP contribution in [0.5, 0.6) is 0 Å². The summed E-state index contributed by atoms with van der Waals surface area (Å²) >= 11 is 19.6. The molecule has 12 heteroatoms. The summed E-state index contributed by atoms with van der Waals surface area (Å²) in [4.78, 5) is 8.70. The molecule has 8 nitrogen and oxygen atoms in total. The molecular weight excluding hydrogens is 639 g/mol. The summed E-state index contributed by atoms with van der Waals surface area (Å²) in [5, 5.41) is 28.1. The predicted molar refractivity (Wildman–Crippen MR) is 146 cm³/mol. The smallest absolute Gasteiger partial charge is 0.131 e. The quantitative estimate of drug-likeness (QED) is 0.367. The second-order valence-electron chi connectivity index (χ2n) is 10.1. The summed E-state index contributed by atoms with van der Waals surface area (Å²) in [6, 6.07) is 0. The van der Waals surface area contributed by atoms with E-state index in [0.29, 0.717) is 22.9 Å². The molecule has 2 aliphatic carbocycles. The van der Waals surface area contributed by atoms with Gasteiger partial charge in [-0.05, 0) is 57.5 Å². The van der Waals surface area contributed by atoms with E-state index in [-0.39, 0.29) is 23.0 Å². The fourth-order valence-electron chi connectivity index (χ4n) is 6.30. The highest BCUT2D eigenvalue weighted by molar-refractivity contribution is 9.10. The number of aliphatic hydroxyl groups is 2. The molecule has 196 valence electrons. The van der Waals surface area contributed by atoms with Gasteiger partial charge in [-0.1, -0.05) is 23.2 Å². The van der Waals surface area contributed by atoms with Gasteiger partial charge in [0.25, 0.3) is 0 Å². The van der Waals surface area contributed by atoms with Crippen LogP contribution < -0.4 is 10.6 Å². The Bertz CT molecular complexity index is 1090. The van der Waals surface area contributed by atoms with Crippen LogP contribution in [0.4, 0.5) is 11.6 Å². The molecule has 2 aliphatic heterocycles. The van der Waals surface area contributed by atoms with Crippen LogP contribution in [0.3, 0.4) is 0 Å². The Hall–Kier alpha value is -0.720. The van der Waals surface area contributed by atoms with Crippen LogP contribution in [0.15, 0.2) is 21.3 Å². The molecule has 2 spiro atoms. The molecule has 0 amide bonds. The Balaban J connectivity index is 0.000000148. The lowest BCUT2D eigenvalue weighted by Crippen LogP contribution is -2.26. The molecule has 2 aromatic rings. The molecule has 0 bridgehead atoms. The third-order valence-electron chi connectivity index (χ3n) is 8.04. The van der Waals surface area contributed by atoms with E-state index < -0.39 is 12.2 Å². The molecule has 6 rings (SSSR count). The molecule has 36 heavy (non-hydrogen) atoms. The fourth-order valence-corrected chi connectivity index (χ4v) is 7.58. The fraction of sp³-hybridized carbons (Fsp3) is 0.583. The van der Waals surface area contributed by atoms with Crippen LogP contribution in [0.1, 0.15) is 36.8 Å². The zero-order valence-corrected chi connectivity index (χ0v) is 24.5. The van der Waals surface area contributed by atoms with Crippen molar-refractivity contribution in [3.63, 3.8) is 0 Å². The third kappa shape index (κ3) is 4.35. The molecule has 0 aromatic carbocycles. The van der Waals surface area contributed by atoms with Crippen molar-refractivity contribution in [2.24, 2.45) is 0 Å². The van der Waals surface area contributed by atoms with Crippen LogP contribution in [-0.4, -0.2) is 71.9 Å². The maximum absolute atomic E-state index is 10.1. The number of ether oxygens (including phenoxy) is 2. The topological polar surface area (TPSA) is 109 Å². The molecule has 4 heterocycles. The number of fused-ring (bicyclic) bond motifs is 4. The van der Waals surface area contributed by atoms with Gasteiger partial charge in [-0.15, -0.1) is 0 Å². The third-order valence-corrected chi connectivity index (χ3v) is 10.5. The molecular formula is C24H28Br2Cl2N4O4. The van der Waals surface area contributed by atoms with Crippen molar-refractivity contribution < 1.29 is 19.7 Å². The number of hydrogen-bond acceptors (Lipinski definition) is 8. The van der Waals surface area contributed by atoms with Gasteiger partial charge >= 0.3 is 0 Å². The van der Waals surface area contributed by atoms with Crippen LogP contribution in [-0.2, 0) is 20.3 Å². The average molecular weight is 667 g/mol. The number of aromatic nitrogens is 2. The zero-order chi connectivity index (χ0) is 25.8. The minimum absolute atomic E-state index is 0.132. The highest BCUT2D eigenvalue weighted by atomic mass is 79.9. The first kappa shape index (κ1) is 26.9. The van der Waals surface area contributed by atoms with Gasteiger partial charge in [0.2, 0.25) is 0 Å². The van der Waals surface area contributed by atoms with Crippen molar-refractivity contribution in [3.05, 3.63) is 42.5 Å². The Labute approximate surface area is 236 Å². The van der Waals surface area contributed by atoms with Crippen molar-refractivity contribution in [1.82, 2.24) is 9.97 Å². The van der Waals surface area contributed by atoms with Crippen molar-refractivity contribution in [1.29, 1.82) is 0 Å². The van der Waals surface area contributed by atoms with Gasteiger partial charge in [0, 0.05) is 61.7 Å². The molecule has 2 aromatic heterocycles. The molecule has 0 radical (unpaired) electrons. The molecule has 2 fully saturated rings. The predicted octanol–water partition coefficient (Wildman–Crippen LogP) is 4.66. The van der Waals surface area contributed by atoms with Gasteiger partial charge in [0.15, 0.2) is 0 Å². The van der Waals surface area contributed by atoms with Crippen molar-refractivity contribution in [2.75, 3.05) is 37.9 Å². The summed E-state index contributed by atoms with van der Waals surface area (Å²) in [5.41, 5.74) is 1.70. The van der Waals surface area contributed by atoms with Crippen molar-refractivity contribution >= 4 is 66.7 Å². The van der Waals surface area contributed by atoms with E-state index in [2.05, 4.69) is 52.5 Å². The highest BCUT2D eigenvalue weighted by Crippen LogP contribution is 2.53. The summed E-state index contributed by atoms with van der Waals surface area (Å²) < 4.78 is 12.3. The molecule has 4 aliphatic rings. The van der Waals surface area contributed by atoms with Gasteiger partial charge in [-0.2, -0.15) is 0 Å². The van der Waals surface area contributed by atoms with E-state index in [0.717, 1.165) is 57.6 Å². The number of rotatable bonds is 2. The van der Waals surface area contributed by atoms with E-state index in [1.165, 1.54) is 0 Å². The van der Waals surface area contributed by atoms with Crippen LogP contribution in [0.25, 0.3) is 0 Å². The molecule has 6 atom stereocenters. The number of nitrogens with one attached hydrogen (secondary N) is 2. The summed E-state index contributed by atoms with van der Waals surface area (Å²) in [5.74, 6) is 1.65. The average Bonchev–Trinajstić information content (AvgIpc) is 3.59. The standard InChI is InChI=1S/2C12H14BrClN2O2/c2*1-18-8-3-12(2-7(8)17)5-16-11-9(12)10(14)6(13)4-15-11/h2*4,7-8,17H,2-3,5H2,1H3,(H,15,16)/t2*7-,8-,12-/m10/s1. The lowest BCUT2D eigenvalue weighted by molar-refractivity contribution is 0.00972. The Morgan fingerprint density at radius 1 is 0.806 bits per heavy atom. The monoisotopic (exact) mass is 664 g/mol. The number of nitrogens with zero attached hydrogens (tertiary/aromatic N) is 2. The van der Waals surface area contributed by atoms with E-state index >= 15 is 0 Å². The number of methoxy groups -OCH3 is 2. The number of pyridine rings is 2. The van der Waals surface area contributed by atoms with Crippen LogP contribution in [0.2, 0.25) is 10.0 Å². The normalized spacial score (nSPS) is 33.8. The zero-order valence-electron chi connectivity index (χ0n) is 19.8. The highest BCUT2D eigenvalue weighted by Gasteiger charge is 2.52. The van der Waals surface area contributed by atoms with Crippen LogP contribution >= 0.6 is 55.1 Å². The number of hydrogen-bond donors (Lipinski definition) is 4. The minimum atomic E-state index is -0.446. The lowest BCUT2D eigenvalue weighted by atomic mass is 9.81. The molecule has 2 saturated carbocycles. The second kappa shape index (κ2) is 10.1. The summed E-state index contributed by atoms with van der Waals surface area (Å²) in [6.45, 7) is 1.50. The maximum atomic E-state index is 10.1. The van der Waals surface area contributed by atoms with Gasteiger partial charge in [-0.25, -0.2) is 9.97 Å². The van der Waals surface area contributed by atoms with Gasteiger partial charge in [0.05, 0.1) is 43.4 Å². The summed E-state index contributed by atoms with van der Waals surface area (Å²) in [6.07, 6.45) is 5.09. The second-order valence-corrected chi connectivity index (χ2v) is 12.5. The van der Waals surface area contributed by atoms with Gasteiger partial charge < -0.3 is 30.3 Å². The molecule has 0 saturated heterocycles. The minimum Gasteiger partial charge on any atom is -0.390 e. The SMILES string of the molecule is CO[C@@H]1C[C@@]2(CNc3ncc(Br)c(Cl)c32)C[C@H]1O.CO[C@H]1C[C@]2(CNc3ncc(Br)c(Cl)c32)C[C@@H]1O. The Kier molecular flexibility index (Phi) is 7.55. The summed E-state index contributed by atoms with van der Waals surface area (Å²) in [7, 11) is 3.27. The molecule has 4 N–H and O–H groups in total. The van der Waals surface area contributed by atoms with E-state index in [1.54, 1.807) is 26.6 Å². The lowest BCUT2D eigenvalue weighted by Gasteiger charge is -2.23. The van der Waals surface area contributed by atoms with Crippen LogP contribution in [0, 0.1) is 0 Å². The Morgan fingerprint density at radius 2 is 1.19 bits per heavy atom. The first-order chi connectivity index (χ1) is 17.1. The van der Waals surface area contributed by atoms with Crippen molar-refractivity contribution in [2.45, 2.75) is 60.9 Å². The van der Waals surface area contributed by atoms with Crippen molar-refractivity contribution in [3.8, 4) is 0 Å². The number of aliphatic hydroxyl groups excluding tert-OH is 2. The number of halogens is 4. The first-order valence-corrected chi connectivity index (χ1v) is 14.1.